The normalized spacial score (nSPS) is 24.6. The molecule has 138 valence electrons. The third-order valence-electron chi connectivity index (χ3n) is 4.50. The van der Waals surface area contributed by atoms with Crippen LogP contribution in [0.5, 0.6) is 5.75 Å². The molecule has 0 saturated heterocycles. The first-order chi connectivity index (χ1) is 12.6. The standard InChI is InChI=1S/C20H22O6/c1-3-10-23-20(22)26-15-8-9-16-17(11-15)24-12-18(19(16)21)25-14-6-4-13(2)5-7-14/h3-7,12,15-17H,1,8-11H2,2H3. The Morgan fingerprint density at radius 2 is 2.08 bits per heavy atom. The number of carbonyl (C=O) groups is 2. The van der Waals surface area contributed by atoms with Crippen LogP contribution in [0.25, 0.3) is 0 Å². The van der Waals surface area contributed by atoms with Gasteiger partial charge in [-0.25, -0.2) is 4.79 Å². The quantitative estimate of drug-likeness (QED) is 0.590. The van der Waals surface area contributed by atoms with E-state index in [0.29, 0.717) is 25.0 Å². The van der Waals surface area contributed by atoms with E-state index in [2.05, 4.69) is 6.58 Å². The summed E-state index contributed by atoms with van der Waals surface area (Å²) in [5, 5.41) is 0. The van der Waals surface area contributed by atoms with Gasteiger partial charge in [0, 0.05) is 6.42 Å². The lowest BCUT2D eigenvalue weighted by Crippen LogP contribution is -2.43. The maximum atomic E-state index is 12.7. The van der Waals surface area contributed by atoms with E-state index in [-0.39, 0.29) is 36.3 Å². The molecular formula is C20H22O6. The van der Waals surface area contributed by atoms with Crippen molar-refractivity contribution in [3.05, 3.63) is 54.5 Å². The number of ketones is 1. The number of fused-ring (bicyclic) bond motifs is 1. The van der Waals surface area contributed by atoms with Crippen molar-refractivity contribution in [2.45, 2.75) is 38.4 Å². The van der Waals surface area contributed by atoms with Gasteiger partial charge in [0.1, 0.15) is 30.8 Å². The molecule has 1 saturated carbocycles. The first-order valence-electron chi connectivity index (χ1n) is 8.65. The van der Waals surface area contributed by atoms with Crippen molar-refractivity contribution in [2.24, 2.45) is 5.92 Å². The number of carbonyl (C=O) groups excluding carboxylic acids is 2. The lowest BCUT2D eigenvalue weighted by molar-refractivity contribution is -0.132. The second kappa shape index (κ2) is 8.08. The highest BCUT2D eigenvalue weighted by Gasteiger charge is 2.42. The van der Waals surface area contributed by atoms with Gasteiger partial charge in [-0.05, 0) is 31.9 Å². The maximum Gasteiger partial charge on any atom is 0.508 e. The van der Waals surface area contributed by atoms with Crippen LogP contribution in [-0.4, -0.2) is 30.8 Å². The van der Waals surface area contributed by atoms with E-state index in [1.54, 1.807) is 0 Å². The number of rotatable bonds is 5. The Kier molecular flexibility index (Phi) is 5.61. The Labute approximate surface area is 152 Å². The van der Waals surface area contributed by atoms with Gasteiger partial charge < -0.3 is 18.9 Å². The van der Waals surface area contributed by atoms with Crippen molar-refractivity contribution >= 4 is 11.9 Å². The Morgan fingerprint density at radius 1 is 1.31 bits per heavy atom. The van der Waals surface area contributed by atoms with Crippen LogP contribution in [0.2, 0.25) is 0 Å². The molecule has 3 rings (SSSR count). The number of allylic oxidation sites excluding steroid dienone is 1. The fourth-order valence-corrected chi connectivity index (χ4v) is 3.14. The summed E-state index contributed by atoms with van der Waals surface area (Å²) in [7, 11) is 0. The van der Waals surface area contributed by atoms with Gasteiger partial charge in [0.2, 0.25) is 11.5 Å². The van der Waals surface area contributed by atoms with E-state index >= 15 is 0 Å². The molecule has 6 heteroatoms. The van der Waals surface area contributed by atoms with Gasteiger partial charge in [-0.1, -0.05) is 30.4 Å². The fourth-order valence-electron chi connectivity index (χ4n) is 3.14. The monoisotopic (exact) mass is 358 g/mol. The van der Waals surface area contributed by atoms with Crippen molar-refractivity contribution in [3.63, 3.8) is 0 Å². The summed E-state index contributed by atoms with van der Waals surface area (Å²) in [6, 6.07) is 7.46. The topological polar surface area (TPSA) is 71.1 Å². The molecule has 1 fully saturated rings. The molecule has 0 aromatic heterocycles. The zero-order valence-electron chi connectivity index (χ0n) is 14.7. The van der Waals surface area contributed by atoms with E-state index in [0.717, 1.165) is 5.56 Å². The first kappa shape index (κ1) is 18.0. The Morgan fingerprint density at radius 3 is 2.81 bits per heavy atom. The zero-order valence-corrected chi connectivity index (χ0v) is 14.7. The van der Waals surface area contributed by atoms with E-state index in [4.69, 9.17) is 18.9 Å². The van der Waals surface area contributed by atoms with E-state index in [1.807, 2.05) is 31.2 Å². The summed E-state index contributed by atoms with van der Waals surface area (Å²) in [4.78, 5) is 24.2. The minimum atomic E-state index is -0.727. The summed E-state index contributed by atoms with van der Waals surface area (Å²) in [6.07, 6.45) is 3.06. The van der Waals surface area contributed by atoms with Crippen LogP contribution in [-0.2, 0) is 19.0 Å². The molecule has 0 spiro atoms. The van der Waals surface area contributed by atoms with Gasteiger partial charge in [0.25, 0.3) is 0 Å². The van der Waals surface area contributed by atoms with Crippen molar-refractivity contribution in [1.82, 2.24) is 0 Å². The van der Waals surface area contributed by atoms with Crippen LogP contribution < -0.4 is 4.74 Å². The van der Waals surface area contributed by atoms with Gasteiger partial charge in [0.15, 0.2) is 0 Å². The predicted octanol–water partition coefficient (Wildman–Crippen LogP) is 3.69. The number of ether oxygens (including phenoxy) is 4. The summed E-state index contributed by atoms with van der Waals surface area (Å²) < 4.78 is 21.5. The predicted molar refractivity (Wildman–Crippen MR) is 93.5 cm³/mol. The molecule has 26 heavy (non-hydrogen) atoms. The zero-order chi connectivity index (χ0) is 18.5. The summed E-state index contributed by atoms with van der Waals surface area (Å²) in [5.41, 5.74) is 1.11. The lowest BCUT2D eigenvalue weighted by Gasteiger charge is -2.36. The highest BCUT2D eigenvalue weighted by Crippen LogP contribution is 2.35. The molecule has 0 N–H and O–H groups in total. The number of hydrogen-bond acceptors (Lipinski definition) is 6. The second-order valence-electron chi connectivity index (χ2n) is 6.45. The minimum absolute atomic E-state index is 0.0745. The molecule has 1 aromatic rings. The molecular weight excluding hydrogens is 336 g/mol. The molecule has 2 aliphatic rings. The lowest BCUT2D eigenvalue weighted by atomic mass is 9.80. The Hall–Kier alpha value is -2.76. The largest absolute Gasteiger partial charge is 0.508 e. The van der Waals surface area contributed by atoms with Gasteiger partial charge >= 0.3 is 6.16 Å². The molecule has 1 aliphatic heterocycles. The van der Waals surface area contributed by atoms with E-state index in [1.165, 1.54) is 12.3 Å². The van der Waals surface area contributed by atoms with Gasteiger partial charge in [-0.2, -0.15) is 0 Å². The Balaban J connectivity index is 1.58. The smallest absolute Gasteiger partial charge is 0.493 e. The molecule has 3 unspecified atom stereocenters. The fraction of sp³-hybridized carbons (Fsp3) is 0.400. The number of hydrogen-bond donors (Lipinski definition) is 0. The molecule has 6 nitrogen and oxygen atoms in total. The third-order valence-corrected chi connectivity index (χ3v) is 4.50. The van der Waals surface area contributed by atoms with Crippen LogP contribution in [0.3, 0.4) is 0 Å². The summed E-state index contributed by atoms with van der Waals surface area (Å²) in [6.45, 7) is 5.56. The maximum absolute atomic E-state index is 12.7. The van der Waals surface area contributed by atoms with Gasteiger partial charge in [0.05, 0.1) is 5.92 Å². The Bertz CT molecular complexity index is 706. The highest BCUT2D eigenvalue weighted by atomic mass is 16.7. The van der Waals surface area contributed by atoms with E-state index in [9.17, 15) is 9.59 Å². The SMILES string of the molecule is C=CCOC(=O)OC1CCC2C(=O)C(Oc3ccc(C)cc3)=COC2C1. The first-order valence-corrected chi connectivity index (χ1v) is 8.65. The number of Topliss-reactive ketones (excluding diaryl/α,β-unsaturated/α-hetero) is 1. The molecule has 3 atom stereocenters. The van der Waals surface area contributed by atoms with Crippen molar-refractivity contribution in [1.29, 1.82) is 0 Å². The van der Waals surface area contributed by atoms with Crippen LogP contribution >= 0.6 is 0 Å². The molecule has 1 aromatic carbocycles. The van der Waals surface area contributed by atoms with Crippen LogP contribution in [0, 0.1) is 12.8 Å². The van der Waals surface area contributed by atoms with Crippen LogP contribution in [0.1, 0.15) is 24.8 Å². The highest BCUT2D eigenvalue weighted by molar-refractivity contribution is 5.96. The van der Waals surface area contributed by atoms with Crippen LogP contribution in [0.15, 0.2) is 48.9 Å². The molecule has 0 bridgehead atoms. The van der Waals surface area contributed by atoms with Crippen molar-refractivity contribution in [3.8, 4) is 5.75 Å². The van der Waals surface area contributed by atoms with Crippen molar-refractivity contribution in [2.75, 3.05) is 6.61 Å². The molecule has 1 heterocycles. The average Bonchev–Trinajstić information content (AvgIpc) is 2.64. The molecule has 0 radical (unpaired) electrons. The number of aryl methyl sites for hydroxylation is 1. The molecule has 1 aliphatic carbocycles. The van der Waals surface area contributed by atoms with Gasteiger partial charge in [-0.15, -0.1) is 0 Å². The summed E-state index contributed by atoms with van der Waals surface area (Å²) in [5.74, 6) is 0.443. The van der Waals surface area contributed by atoms with E-state index < -0.39 is 6.16 Å². The number of benzene rings is 1. The second-order valence-corrected chi connectivity index (χ2v) is 6.45. The van der Waals surface area contributed by atoms with Crippen LogP contribution in [0.4, 0.5) is 4.79 Å². The molecule has 0 amide bonds. The third kappa shape index (κ3) is 4.25. The van der Waals surface area contributed by atoms with Crippen molar-refractivity contribution < 1.29 is 28.5 Å². The summed E-state index contributed by atoms with van der Waals surface area (Å²) >= 11 is 0. The minimum Gasteiger partial charge on any atom is -0.493 e. The van der Waals surface area contributed by atoms with Gasteiger partial charge in [-0.3, -0.25) is 4.79 Å². The average molecular weight is 358 g/mol.